The Morgan fingerprint density at radius 3 is 2.60 bits per heavy atom. The van der Waals surface area contributed by atoms with E-state index in [9.17, 15) is 4.79 Å². The molecule has 1 aromatic carbocycles. The smallest absolute Gasteiger partial charge is 0.319 e. The van der Waals surface area contributed by atoms with Crippen LogP contribution in [0.3, 0.4) is 0 Å². The Morgan fingerprint density at radius 2 is 2.05 bits per heavy atom. The Kier molecular flexibility index (Phi) is 5.65. The SMILES string of the molecule is CN(C)c1c(Cl)cccc1NC(=O)NC(C)(C)CCO. The van der Waals surface area contributed by atoms with Gasteiger partial charge < -0.3 is 20.6 Å². The molecule has 0 aliphatic carbocycles. The van der Waals surface area contributed by atoms with Gasteiger partial charge in [0.25, 0.3) is 0 Å². The average Bonchev–Trinajstić information content (AvgIpc) is 2.26. The molecule has 1 rings (SSSR count). The van der Waals surface area contributed by atoms with Crippen LogP contribution in [0.2, 0.25) is 5.02 Å². The predicted molar refractivity (Wildman–Crippen MR) is 83.7 cm³/mol. The Morgan fingerprint density at radius 1 is 1.40 bits per heavy atom. The van der Waals surface area contributed by atoms with E-state index >= 15 is 0 Å². The molecule has 2 amide bonds. The maximum absolute atomic E-state index is 12.0. The van der Waals surface area contributed by atoms with Gasteiger partial charge in [-0.25, -0.2) is 4.79 Å². The number of nitrogens with one attached hydrogen (secondary N) is 2. The lowest BCUT2D eigenvalue weighted by Gasteiger charge is -2.26. The van der Waals surface area contributed by atoms with Crippen LogP contribution in [0.15, 0.2) is 18.2 Å². The highest BCUT2D eigenvalue weighted by molar-refractivity contribution is 6.34. The van der Waals surface area contributed by atoms with Gasteiger partial charge in [-0.3, -0.25) is 0 Å². The second kappa shape index (κ2) is 6.81. The first-order valence-corrected chi connectivity index (χ1v) is 6.80. The molecule has 3 N–H and O–H groups in total. The first-order valence-electron chi connectivity index (χ1n) is 6.42. The highest BCUT2D eigenvalue weighted by Crippen LogP contribution is 2.32. The van der Waals surface area contributed by atoms with Crippen molar-refractivity contribution >= 4 is 29.0 Å². The van der Waals surface area contributed by atoms with Gasteiger partial charge in [-0.05, 0) is 32.4 Å². The number of para-hydroxylation sites is 1. The standard InChI is InChI=1S/C14H22ClN3O2/c1-14(2,8-9-19)17-13(20)16-11-7-5-6-10(15)12(11)18(3)4/h5-7,19H,8-9H2,1-4H3,(H2,16,17,20). The third-order valence-electron chi connectivity index (χ3n) is 2.87. The number of amides is 2. The maximum Gasteiger partial charge on any atom is 0.319 e. The van der Waals surface area contributed by atoms with E-state index in [1.165, 1.54) is 0 Å². The Bertz CT molecular complexity index is 475. The molecule has 0 aromatic heterocycles. The normalized spacial score (nSPS) is 11.1. The molecule has 112 valence electrons. The first kappa shape index (κ1) is 16.6. The van der Waals surface area contributed by atoms with E-state index in [0.29, 0.717) is 17.1 Å². The van der Waals surface area contributed by atoms with Gasteiger partial charge >= 0.3 is 6.03 Å². The van der Waals surface area contributed by atoms with Crippen molar-refractivity contribution in [3.8, 4) is 0 Å². The summed E-state index contributed by atoms with van der Waals surface area (Å²) in [4.78, 5) is 13.9. The lowest BCUT2D eigenvalue weighted by atomic mass is 10.0. The summed E-state index contributed by atoms with van der Waals surface area (Å²) < 4.78 is 0. The fraction of sp³-hybridized carbons (Fsp3) is 0.500. The van der Waals surface area contributed by atoms with Crippen molar-refractivity contribution in [1.29, 1.82) is 0 Å². The van der Waals surface area contributed by atoms with Gasteiger partial charge in [0.15, 0.2) is 0 Å². The molecular weight excluding hydrogens is 278 g/mol. The van der Waals surface area contributed by atoms with Crippen LogP contribution in [0.1, 0.15) is 20.3 Å². The quantitative estimate of drug-likeness (QED) is 0.783. The molecule has 0 heterocycles. The number of urea groups is 1. The number of aliphatic hydroxyl groups excluding tert-OH is 1. The zero-order valence-electron chi connectivity index (χ0n) is 12.3. The molecule has 0 atom stereocenters. The van der Waals surface area contributed by atoms with Crippen molar-refractivity contribution in [2.24, 2.45) is 0 Å². The molecule has 6 heteroatoms. The second-order valence-electron chi connectivity index (χ2n) is 5.47. The van der Waals surface area contributed by atoms with Crippen molar-refractivity contribution in [1.82, 2.24) is 5.32 Å². The Balaban J connectivity index is 2.84. The number of carbonyl (C=O) groups excluding carboxylic acids is 1. The average molecular weight is 300 g/mol. The van der Waals surface area contributed by atoms with Crippen LogP contribution in [-0.4, -0.2) is 37.4 Å². The molecule has 1 aromatic rings. The molecule has 0 aliphatic heterocycles. The molecule has 0 saturated heterocycles. The van der Waals surface area contributed by atoms with Crippen LogP contribution in [0, 0.1) is 0 Å². The molecule has 0 saturated carbocycles. The Labute approximate surface area is 124 Å². The number of nitrogens with zero attached hydrogens (tertiary/aromatic N) is 1. The number of anilines is 2. The van der Waals surface area contributed by atoms with E-state index in [-0.39, 0.29) is 12.6 Å². The molecule has 0 bridgehead atoms. The van der Waals surface area contributed by atoms with Crippen molar-refractivity contribution in [2.75, 3.05) is 30.9 Å². The Hall–Kier alpha value is -1.46. The third kappa shape index (κ3) is 4.58. The summed E-state index contributed by atoms with van der Waals surface area (Å²) in [5.41, 5.74) is 0.916. The lowest BCUT2D eigenvalue weighted by molar-refractivity contribution is 0.218. The number of benzene rings is 1. The van der Waals surface area contributed by atoms with Crippen LogP contribution >= 0.6 is 11.6 Å². The number of carbonyl (C=O) groups is 1. The molecule has 0 unspecified atom stereocenters. The zero-order valence-corrected chi connectivity index (χ0v) is 13.1. The van der Waals surface area contributed by atoms with Gasteiger partial charge in [0.1, 0.15) is 0 Å². The number of rotatable bonds is 5. The molecule has 0 fully saturated rings. The van der Waals surface area contributed by atoms with Crippen LogP contribution < -0.4 is 15.5 Å². The van der Waals surface area contributed by atoms with E-state index in [0.717, 1.165) is 5.69 Å². The minimum atomic E-state index is -0.476. The van der Waals surface area contributed by atoms with Gasteiger partial charge in [-0.15, -0.1) is 0 Å². The van der Waals surface area contributed by atoms with E-state index in [1.807, 2.05) is 32.8 Å². The van der Waals surface area contributed by atoms with Gasteiger partial charge in [-0.2, -0.15) is 0 Å². The van der Waals surface area contributed by atoms with Crippen LogP contribution in [0.4, 0.5) is 16.2 Å². The summed E-state index contributed by atoms with van der Waals surface area (Å²) in [7, 11) is 3.72. The molecule has 5 nitrogen and oxygen atoms in total. The predicted octanol–water partition coefficient (Wildman–Crippen LogP) is 2.69. The van der Waals surface area contributed by atoms with Gasteiger partial charge in [-0.1, -0.05) is 17.7 Å². The minimum Gasteiger partial charge on any atom is -0.396 e. The summed E-state index contributed by atoms with van der Waals surface area (Å²) in [5, 5.41) is 15.1. The number of aliphatic hydroxyl groups is 1. The van der Waals surface area contributed by atoms with Crippen molar-refractivity contribution in [3.63, 3.8) is 0 Å². The maximum atomic E-state index is 12.0. The summed E-state index contributed by atoms with van der Waals surface area (Å²) in [5.74, 6) is 0. The largest absolute Gasteiger partial charge is 0.396 e. The van der Waals surface area contributed by atoms with Crippen molar-refractivity contribution in [2.45, 2.75) is 25.8 Å². The fourth-order valence-electron chi connectivity index (χ4n) is 1.87. The van der Waals surface area contributed by atoms with Crippen LogP contribution in [0.25, 0.3) is 0 Å². The van der Waals surface area contributed by atoms with Gasteiger partial charge in [0.2, 0.25) is 0 Å². The zero-order chi connectivity index (χ0) is 15.3. The third-order valence-corrected chi connectivity index (χ3v) is 3.18. The summed E-state index contributed by atoms with van der Waals surface area (Å²) in [6.45, 7) is 3.73. The van der Waals surface area contributed by atoms with E-state index < -0.39 is 5.54 Å². The summed E-state index contributed by atoms with van der Waals surface area (Å²) in [6, 6.07) is 5.02. The fourth-order valence-corrected chi connectivity index (χ4v) is 2.22. The number of hydrogen-bond donors (Lipinski definition) is 3. The van der Waals surface area contributed by atoms with Crippen molar-refractivity contribution in [3.05, 3.63) is 23.2 Å². The van der Waals surface area contributed by atoms with Crippen molar-refractivity contribution < 1.29 is 9.90 Å². The lowest BCUT2D eigenvalue weighted by Crippen LogP contribution is -2.46. The highest BCUT2D eigenvalue weighted by Gasteiger charge is 2.20. The number of hydrogen-bond acceptors (Lipinski definition) is 3. The van der Waals surface area contributed by atoms with E-state index in [1.54, 1.807) is 18.2 Å². The second-order valence-corrected chi connectivity index (χ2v) is 5.87. The monoisotopic (exact) mass is 299 g/mol. The number of halogens is 1. The topological polar surface area (TPSA) is 64.6 Å². The molecule has 20 heavy (non-hydrogen) atoms. The van der Waals surface area contributed by atoms with E-state index in [4.69, 9.17) is 16.7 Å². The highest BCUT2D eigenvalue weighted by atomic mass is 35.5. The molecule has 0 spiro atoms. The molecule has 0 radical (unpaired) electrons. The minimum absolute atomic E-state index is 0.0212. The van der Waals surface area contributed by atoms with Crippen LogP contribution in [0.5, 0.6) is 0 Å². The first-order chi connectivity index (χ1) is 9.26. The van der Waals surface area contributed by atoms with Gasteiger partial charge in [0.05, 0.1) is 16.4 Å². The van der Waals surface area contributed by atoms with Gasteiger partial charge in [0, 0.05) is 26.2 Å². The van der Waals surface area contributed by atoms with E-state index in [2.05, 4.69) is 10.6 Å². The van der Waals surface area contributed by atoms with Crippen LogP contribution in [-0.2, 0) is 0 Å². The molecular formula is C14H22ClN3O2. The molecule has 0 aliphatic rings. The summed E-state index contributed by atoms with van der Waals surface area (Å²) in [6.07, 6.45) is 0.483. The summed E-state index contributed by atoms with van der Waals surface area (Å²) >= 11 is 6.14.